The van der Waals surface area contributed by atoms with Crippen LogP contribution in [0.15, 0.2) is 24.3 Å². The number of ether oxygens (including phenoxy) is 1. The summed E-state index contributed by atoms with van der Waals surface area (Å²) < 4.78 is 7.01. The summed E-state index contributed by atoms with van der Waals surface area (Å²) in [7, 11) is 5.83. The number of rotatable bonds is 8. The van der Waals surface area contributed by atoms with Gasteiger partial charge in [0.05, 0.1) is 17.8 Å². The van der Waals surface area contributed by atoms with Gasteiger partial charge in [-0.2, -0.15) is 5.10 Å². The van der Waals surface area contributed by atoms with Crippen molar-refractivity contribution in [2.75, 3.05) is 40.4 Å². The van der Waals surface area contributed by atoms with Gasteiger partial charge in [0.25, 0.3) is 0 Å². The molecule has 5 nitrogen and oxygen atoms in total. The molecule has 0 aliphatic rings. The van der Waals surface area contributed by atoms with Crippen LogP contribution in [0.5, 0.6) is 0 Å². The van der Waals surface area contributed by atoms with Crippen molar-refractivity contribution in [1.82, 2.24) is 20.0 Å². The highest BCUT2D eigenvalue weighted by Gasteiger charge is 2.07. The van der Waals surface area contributed by atoms with Gasteiger partial charge in [0.1, 0.15) is 0 Å². The van der Waals surface area contributed by atoms with Gasteiger partial charge in [-0.3, -0.25) is 4.68 Å². The lowest BCUT2D eigenvalue weighted by Gasteiger charge is -2.15. The highest BCUT2D eigenvalue weighted by atomic mass is 16.5. The van der Waals surface area contributed by atoms with E-state index in [1.54, 1.807) is 7.11 Å². The number of nitrogens with zero attached hydrogens (tertiary/aromatic N) is 3. The molecule has 0 saturated heterocycles. The Kier molecular flexibility index (Phi) is 5.52. The molecule has 0 radical (unpaired) electrons. The lowest BCUT2D eigenvalue weighted by molar-refractivity contribution is 0.161. The largest absolute Gasteiger partial charge is 0.383 e. The highest BCUT2D eigenvalue weighted by Crippen LogP contribution is 2.16. The first-order valence-corrected chi connectivity index (χ1v) is 7.01. The van der Waals surface area contributed by atoms with Crippen LogP contribution in [-0.4, -0.2) is 55.1 Å². The van der Waals surface area contributed by atoms with Gasteiger partial charge < -0.3 is 15.0 Å². The quantitative estimate of drug-likeness (QED) is 0.737. The Morgan fingerprint density at radius 2 is 2.10 bits per heavy atom. The third-order valence-corrected chi connectivity index (χ3v) is 3.47. The van der Waals surface area contributed by atoms with Crippen molar-refractivity contribution in [3.63, 3.8) is 0 Å². The molecule has 2 aromatic rings. The first-order valence-electron chi connectivity index (χ1n) is 7.01. The summed E-state index contributed by atoms with van der Waals surface area (Å²) in [6.45, 7) is 4.50. The van der Waals surface area contributed by atoms with Gasteiger partial charge in [-0.1, -0.05) is 18.2 Å². The molecule has 0 aliphatic heterocycles. The van der Waals surface area contributed by atoms with E-state index in [1.165, 1.54) is 10.9 Å². The van der Waals surface area contributed by atoms with Crippen molar-refractivity contribution < 1.29 is 4.74 Å². The predicted octanol–water partition coefficient (Wildman–Crippen LogP) is 1.24. The van der Waals surface area contributed by atoms with Gasteiger partial charge in [0.15, 0.2) is 0 Å². The molecule has 5 heteroatoms. The molecule has 0 bridgehead atoms. The third kappa shape index (κ3) is 3.79. The Hall–Kier alpha value is -1.43. The normalized spacial score (nSPS) is 11.6. The fraction of sp³-hybridized carbons (Fsp3) is 0.533. The number of hydrogen-bond donors (Lipinski definition) is 1. The van der Waals surface area contributed by atoms with Gasteiger partial charge in [-0.15, -0.1) is 0 Å². The van der Waals surface area contributed by atoms with E-state index in [2.05, 4.69) is 40.6 Å². The molecule has 0 unspecified atom stereocenters. The number of aryl methyl sites for hydroxylation is 1. The first kappa shape index (κ1) is 15.0. The molecule has 0 saturated carbocycles. The van der Waals surface area contributed by atoms with Gasteiger partial charge in [-0.25, -0.2) is 0 Å². The van der Waals surface area contributed by atoms with Crippen molar-refractivity contribution in [1.29, 1.82) is 0 Å². The average Bonchev–Trinajstić information content (AvgIpc) is 2.79. The van der Waals surface area contributed by atoms with Crippen molar-refractivity contribution in [2.24, 2.45) is 7.05 Å². The van der Waals surface area contributed by atoms with Crippen molar-refractivity contribution >= 4 is 10.9 Å². The Labute approximate surface area is 120 Å². The molecule has 2 rings (SSSR count). The van der Waals surface area contributed by atoms with Crippen LogP contribution >= 0.6 is 0 Å². The smallest absolute Gasteiger partial charge is 0.0841 e. The maximum Gasteiger partial charge on any atom is 0.0841 e. The minimum absolute atomic E-state index is 0.779. The van der Waals surface area contributed by atoms with Gasteiger partial charge >= 0.3 is 0 Å². The molecule has 110 valence electrons. The molecule has 1 heterocycles. The van der Waals surface area contributed by atoms with Crippen molar-refractivity contribution in [3.8, 4) is 0 Å². The molecule has 20 heavy (non-hydrogen) atoms. The molecule has 0 spiro atoms. The van der Waals surface area contributed by atoms with Gasteiger partial charge in [-0.05, 0) is 13.1 Å². The lowest BCUT2D eigenvalue weighted by Crippen LogP contribution is -2.31. The first-order chi connectivity index (χ1) is 9.72. The van der Waals surface area contributed by atoms with E-state index in [9.17, 15) is 0 Å². The summed E-state index contributed by atoms with van der Waals surface area (Å²) in [5, 5.41) is 9.26. The SMILES string of the molecule is COCCN(C)CCNCc1nn(C)c2ccccc12. The topological polar surface area (TPSA) is 42.3 Å². The molecule has 0 amide bonds. The molecule has 1 N–H and O–H groups in total. The monoisotopic (exact) mass is 276 g/mol. The fourth-order valence-electron chi connectivity index (χ4n) is 2.25. The second-order valence-electron chi connectivity index (χ2n) is 5.06. The van der Waals surface area contributed by atoms with E-state index in [0.29, 0.717) is 0 Å². The van der Waals surface area contributed by atoms with Crippen LogP contribution in [0.4, 0.5) is 0 Å². The number of likely N-dealkylation sites (N-methyl/N-ethyl adjacent to an activating group) is 1. The maximum atomic E-state index is 5.06. The van der Waals surface area contributed by atoms with Crippen molar-refractivity contribution in [3.05, 3.63) is 30.0 Å². The lowest BCUT2D eigenvalue weighted by atomic mass is 10.2. The van der Waals surface area contributed by atoms with Crippen LogP contribution < -0.4 is 5.32 Å². The number of hydrogen-bond acceptors (Lipinski definition) is 4. The van der Waals surface area contributed by atoms with Crippen LogP contribution in [0.25, 0.3) is 10.9 Å². The number of methoxy groups -OCH3 is 1. The van der Waals surface area contributed by atoms with Gasteiger partial charge in [0.2, 0.25) is 0 Å². The molecule has 0 fully saturated rings. The van der Waals surface area contributed by atoms with Crippen LogP contribution in [-0.2, 0) is 18.3 Å². The number of para-hydroxylation sites is 1. The summed E-state index contributed by atoms with van der Waals surface area (Å²) in [4.78, 5) is 2.26. The van der Waals surface area contributed by atoms with Crippen LogP contribution in [0.3, 0.4) is 0 Å². The maximum absolute atomic E-state index is 5.06. The van der Waals surface area contributed by atoms with E-state index in [-0.39, 0.29) is 0 Å². The highest BCUT2D eigenvalue weighted by molar-refractivity contribution is 5.81. The van der Waals surface area contributed by atoms with E-state index >= 15 is 0 Å². The van der Waals surface area contributed by atoms with E-state index < -0.39 is 0 Å². The summed E-state index contributed by atoms with van der Waals surface area (Å²) in [6.07, 6.45) is 0. The van der Waals surface area contributed by atoms with Crippen LogP contribution in [0, 0.1) is 0 Å². The van der Waals surface area contributed by atoms with Gasteiger partial charge in [0, 0.05) is 45.7 Å². The molecule has 1 aromatic carbocycles. The summed E-state index contributed by atoms with van der Waals surface area (Å²) in [6, 6.07) is 8.34. The van der Waals surface area contributed by atoms with E-state index in [4.69, 9.17) is 4.74 Å². The second-order valence-corrected chi connectivity index (χ2v) is 5.06. The fourth-order valence-corrected chi connectivity index (χ4v) is 2.25. The van der Waals surface area contributed by atoms with Crippen LogP contribution in [0.1, 0.15) is 5.69 Å². The van der Waals surface area contributed by atoms with Crippen LogP contribution in [0.2, 0.25) is 0 Å². The zero-order chi connectivity index (χ0) is 14.4. The number of benzene rings is 1. The minimum Gasteiger partial charge on any atom is -0.383 e. The molecule has 0 atom stereocenters. The standard InChI is InChI=1S/C15H24N4O/c1-18(10-11-20-3)9-8-16-12-14-13-6-4-5-7-15(13)19(2)17-14/h4-7,16H,8-12H2,1-3H3. The predicted molar refractivity (Wildman–Crippen MR) is 81.8 cm³/mol. The average molecular weight is 276 g/mol. The molecule has 1 aromatic heterocycles. The minimum atomic E-state index is 0.779. The number of nitrogens with one attached hydrogen (secondary N) is 1. The van der Waals surface area contributed by atoms with E-state index in [1.807, 2.05) is 17.8 Å². The number of aromatic nitrogens is 2. The Bertz CT molecular complexity index is 538. The Morgan fingerprint density at radius 1 is 1.30 bits per heavy atom. The third-order valence-electron chi connectivity index (χ3n) is 3.47. The van der Waals surface area contributed by atoms with Crippen molar-refractivity contribution in [2.45, 2.75) is 6.54 Å². The number of fused-ring (bicyclic) bond motifs is 1. The zero-order valence-corrected chi connectivity index (χ0v) is 12.6. The molecular formula is C15H24N4O. The second kappa shape index (κ2) is 7.38. The Morgan fingerprint density at radius 3 is 2.90 bits per heavy atom. The summed E-state index contributed by atoms with van der Waals surface area (Å²) in [5.74, 6) is 0. The Balaban J connectivity index is 1.81. The summed E-state index contributed by atoms with van der Waals surface area (Å²) in [5.41, 5.74) is 2.30. The molecular weight excluding hydrogens is 252 g/mol. The zero-order valence-electron chi connectivity index (χ0n) is 12.6. The molecule has 0 aliphatic carbocycles. The van der Waals surface area contributed by atoms with E-state index in [0.717, 1.165) is 38.5 Å². The summed E-state index contributed by atoms with van der Waals surface area (Å²) >= 11 is 0.